The second-order valence-electron chi connectivity index (χ2n) is 2.17. The second-order valence-corrected chi connectivity index (χ2v) is 2.17. The van der Waals surface area contributed by atoms with E-state index in [1.807, 2.05) is 0 Å². The standard InChI is InChI=1S/C4H10O.CH3.Cd/c1-4(2,3)5;;/h5H,1-3H3;1H3;/q;-1;. The molecule has 0 unspecified atom stereocenters. The Morgan fingerprint density at radius 1 is 1.14 bits per heavy atom. The normalized spacial score (nSPS) is 8.57. The fourth-order valence-corrected chi connectivity index (χ4v) is 0. The maximum absolute atomic E-state index is 8.52. The number of aliphatic hydroxyl groups is 1. The van der Waals surface area contributed by atoms with E-state index in [4.69, 9.17) is 5.11 Å². The summed E-state index contributed by atoms with van der Waals surface area (Å²) in [5.74, 6) is 0. The molecule has 0 aromatic rings. The third kappa shape index (κ3) is 211. The van der Waals surface area contributed by atoms with E-state index in [0.29, 0.717) is 0 Å². The van der Waals surface area contributed by atoms with Crippen LogP contribution in [0.2, 0.25) is 0 Å². The first-order chi connectivity index (χ1) is 2.00. The van der Waals surface area contributed by atoms with Crippen LogP contribution in [-0.2, 0) is 27.3 Å². The molecule has 0 rings (SSSR count). The summed E-state index contributed by atoms with van der Waals surface area (Å²) in [4.78, 5) is 0. The Hall–Kier alpha value is 0.882. The molecule has 1 nitrogen and oxygen atoms in total. The Morgan fingerprint density at radius 3 is 1.14 bits per heavy atom. The van der Waals surface area contributed by atoms with Crippen LogP contribution in [0.25, 0.3) is 0 Å². The van der Waals surface area contributed by atoms with Crippen LogP contribution in [0.15, 0.2) is 0 Å². The number of rotatable bonds is 0. The van der Waals surface area contributed by atoms with Gasteiger partial charge in [-0.05, 0) is 20.8 Å². The van der Waals surface area contributed by atoms with Crippen molar-refractivity contribution in [3.63, 3.8) is 0 Å². The largest absolute Gasteiger partial charge is 0.391 e. The van der Waals surface area contributed by atoms with Gasteiger partial charge in [0, 0.05) is 27.3 Å². The molecule has 0 heterocycles. The van der Waals surface area contributed by atoms with E-state index in [1.165, 1.54) is 0 Å². The third-order valence-electron chi connectivity index (χ3n) is 0. The minimum absolute atomic E-state index is 0. The van der Waals surface area contributed by atoms with Gasteiger partial charge >= 0.3 is 0 Å². The van der Waals surface area contributed by atoms with Crippen molar-refractivity contribution in [2.75, 3.05) is 0 Å². The van der Waals surface area contributed by atoms with E-state index in [0.717, 1.165) is 0 Å². The van der Waals surface area contributed by atoms with E-state index in [-0.39, 0.29) is 34.7 Å². The average molecular weight is 202 g/mol. The molecule has 7 heavy (non-hydrogen) atoms. The summed E-state index contributed by atoms with van der Waals surface area (Å²) in [5.41, 5.74) is -0.500. The smallest absolute Gasteiger partial charge is 0.0563 e. The van der Waals surface area contributed by atoms with E-state index >= 15 is 0 Å². The molecular weight excluding hydrogens is 188 g/mol. The summed E-state index contributed by atoms with van der Waals surface area (Å²) in [6.07, 6.45) is 0. The summed E-state index contributed by atoms with van der Waals surface area (Å²) in [5, 5.41) is 8.52. The van der Waals surface area contributed by atoms with E-state index in [1.54, 1.807) is 20.8 Å². The molecule has 0 bridgehead atoms. The minimum atomic E-state index is -0.500. The Labute approximate surface area is 66.3 Å². The number of hydrogen-bond acceptors (Lipinski definition) is 1. The molecule has 42 valence electrons. The zero-order chi connectivity index (χ0) is 4.50. The monoisotopic (exact) mass is 203 g/mol. The van der Waals surface area contributed by atoms with Gasteiger partial charge in [-0.15, -0.1) is 0 Å². The van der Waals surface area contributed by atoms with Gasteiger partial charge in [0.15, 0.2) is 0 Å². The fraction of sp³-hybridized carbons (Fsp3) is 0.800. The molecule has 0 spiro atoms. The molecule has 0 aliphatic carbocycles. The average Bonchev–Trinajstić information content (AvgIpc) is 0.722. The van der Waals surface area contributed by atoms with Gasteiger partial charge in [0.05, 0.1) is 5.60 Å². The molecule has 0 aromatic carbocycles. The van der Waals surface area contributed by atoms with Crippen molar-refractivity contribution in [1.29, 1.82) is 0 Å². The summed E-state index contributed by atoms with van der Waals surface area (Å²) in [6.45, 7) is 5.23. The molecule has 0 amide bonds. The molecule has 2 heteroatoms. The molecule has 1 N–H and O–H groups in total. The van der Waals surface area contributed by atoms with E-state index in [9.17, 15) is 0 Å². The van der Waals surface area contributed by atoms with Crippen LogP contribution in [0.3, 0.4) is 0 Å². The summed E-state index contributed by atoms with van der Waals surface area (Å²) < 4.78 is 0. The van der Waals surface area contributed by atoms with Crippen molar-refractivity contribution in [3.8, 4) is 0 Å². The first-order valence-electron chi connectivity index (χ1n) is 1.72. The minimum Gasteiger partial charge on any atom is -0.391 e. The zero-order valence-electron chi connectivity index (χ0n) is 5.65. The van der Waals surface area contributed by atoms with Crippen molar-refractivity contribution in [2.45, 2.75) is 26.4 Å². The van der Waals surface area contributed by atoms with Crippen LogP contribution in [0.1, 0.15) is 20.8 Å². The van der Waals surface area contributed by atoms with Gasteiger partial charge in [0.1, 0.15) is 0 Å². The first kappa shape index (κ1) is 15.7. The van der Waals surface area contributed by atoms with Crippen LogP contribution >= 0.6 is 0 Å². The maximum atomic E-state index is 8.52. The van der Waals surface area contributed by atoms with Gasteiger partial charge in [-0.3, -0.25) is 0 Å². The van der Waals surface area contributed by atoms with Crippen molar-refractivity contribution in [1.82, 2.24) is 0 Å². The van der Waals surface area contributed by atoms with Crippen LogP contribution in [0.5, 0.6) is 0 Å². The van der Waals surface area contributed by atoms with Crippen LogP contribution in [0, 0.1) is 7.43 Å². The second kappa shape index (κ2) is 5.03. The SMILES string of the molecule is CC(C)(C)O.[CH3-].[Cd]. The summed E-state index contributed by atoms with van der Waals surface area (Å²) >= 11 is 0. The van der Waals surface area contributed by atoms with E-state index in [2.05, 4.69) is 0 Å². The molecule has 0 atom stereocenters. The predicted octanol–water partition coefficient (Wildman–Crippen LogP) is 1.22. The Balaban J connectivity index is -0.0000000800. The first-order valence-corrected chi connectivity index (χ1v) is 1.72. The molecule has 0 aliphatic heterocycles. The van der Waals surface area contributed by atoms with Gasteiger partial charge in [0.25, 0.3) is 0 Å². The van der Waals surface area contributed by atoms with Crippen LogP contribution in [-0.4, -0.2) is 10.7 Å². The van der Waals surface area contributed by atoms with Gasteiger partial charge in [0.2, 0.25) is 0 Å². The van der Waals surface area contributed by atoms with Crippen molar-refractivity contribution < 1.29 is 32.4 Å². The van der Waals surface area contributed by atoms with Gasteiger partial charge in [-0.25, -0.2) is 0 Å². The third-order valence-corrected chi connectivity index (χ3v) is 0. The Kier molecular flexibility index (Phi) is 11.2. The van der Waals surface area contributed by atoms with Crippen molar-refractivity contribution in [3.05, 3.63) is 7.43 Å². The van der Waals surface area contributed by atoms with Crippen LogP contribution < -0.4 is 0 Å². The molecular formula is C5H13CdO-. The van der Waals surface area contributed by atoms with Crippen molar-refractivity contribution in [2.24, 2.45) is 0 Å². The summed E-state index contributed by atoms with van der Waals surface area (Å²) in [7, 11) is 0. The van der Waals surface area contributed by atoms with Gasteiger partial charge in [-0.2, -0.15) is 0 Å². The van der Waals surface area contributed by atoms with E-state index < -0.39 is 5.60 Å². The fourth-order valence-electron chi connectivity index (χ4n) is 0. The van der Waals surface area contributed by atoms with Crippen LogP contribution in [0.4, 0.5) is 0 Å². The molecule has 0 aliphatic rings. The molecule has 0 saturated carbocycles. The van der Waals surface area contributed by atoms with Gasteiger partial charge < -0.3 is 12.5 Å². The summed E-state index contributed by atoms with van der Waals surface area (Å²) in [6, 6.07) is 0. The topological polar surface area (TPSA) is 20.2 Å². The maximum Gasteiger partial charge on any atom is 0.0563 e. The van der Waals surface area contributed by atoms with Crippen molar-refractivity contribution >= 4 is 0 Å². The number of hydrogen-bond donors (Lipinski definition) is 1. The molecule has 0 saturated heterocycles. The Morgan fingerprint density at radius 2 is 1.14 bits per heavy atom. The molecule has 0 fully saturated rings. The zero-order valence-corrected chi connectivity index (χ0v) is 9.69. The predicted molar refractivity (Wildman–Crippen MR) is 28.4 cm³/mol. The quantitative estimate of drug-likeness (QED) is 0.462. The molecule has 0 radical (unpaired) electrons. The van der Waals surface area contributed by atoms with Gasteiger partial charge in [-0.1, -0.05) is 0 Å². The Bertz CT molecular complexity index is 23.6. The molecule has 0 aromatic heterocycles.